The molecule has 0 aliphatic carbocycles. The van der Waals surface area contributed by atoms with E-state index in [-0.39, 0.29) is 29.4 Å². The van der Waals surface area contributed by atoms with E-state index in [2.05, 4.69) is 69.1 Å². The zero-order valence-corrected chi connectivity index (χ0v) is 18.8. The summed E-state index contributed by atoms with van der Waals surface area (Å²) in [7, 11) is 1.78. The fraction of sp³-hybridized carbons (Fsp3) is 0.778. The molecule has 6 heteroatoms. The maximum atomic E-state index is 5.78. The van der Waals surface area contributed by atoms with Gasteiger partial charge in [-0.1, -0.05) is 41.5 Å². The number of guanidine groups is 1. The first-order valence-corrected chi connectivity index (χ1v) is 8.43. The Labute approximate surface area is 164 Å². The van der Waals surface area contributed by atoms with E-state index in [0.717, 1.165) is 18.1 Å². The van der Waals surface area contributed by atoms with E-state index in [1.807, 2.05) is 0 Å². The Hall–Kier alpha value is -0.790. The van der Waals surface area contributed by atoms with E-state index < -0.39 is 0 Å². The highest BCUT2D eigenvalue weighted by Gasteiger charge is 2.19. The Balaban J connectivity index is 0.00000529. The summed E-state index contributed by atoms with van der Waals surface area (Å²) >= 11 is 0. The van der Waals surface area contributed by atoms with Gasteiger partial charge in [-0.05, 0) is 25.2 Å². The quantitative estimate of drug-likeness (QED) is 0.395. The van der Waals surface area contributed by atoms with Gasteiger partial charge in [0.1, 0.15) is 5.76 Å². The summed E-state index contributed by atoms with van der Waals surface area (Å²) < 4.78 is 5.78. The molecular weight excluding hydrogens is 415 g/mol. The summed E-state index contributed by atoms with van der Waals surface area (Å²) in [5.41, 5.74) is 0.334. The molecule has 0 aliphatic heterocycles. The molecule has 1 aromatic heterocycles. The van der Waals surface area contributed by atoms with Crippen LogP contribution in [0.4, 0.5) is 0 Å². The lowest BCUT2D eigenvalue weighted by atomic mass is 9.89. The fourth-order valence-corrected chi connectivity index (χ4v) is 2.05. The van der Waals surface area contributed by atoms with Crippen molar-refractivity contribution in [1.82, 2.24) is 15.6 Å². The second-order valence-corrected chi connectivity index (χ2v) is 8.44. The average Bonchev–Trinajstić information content (AvgIpc) is 2.89. The first-order chi connectivity index (χ1) is 10.5. The molecule has 0 radical (unpaired) electrons. The first kappa shape index (κ1) is 23.2. The molecule has 0 amide bonds. The molecule has 1 atom stereocenters. The normalized spacial score (nSPS) is 14.1. The summed E-state index contributed by atoms with van der Waals surface area (Å²) in [5.74, 6) is 2.36. The Bertz CT molecular complexity index is 512. The van der Waals surface area contributed by atoms with Gasteiger partial charge in [0.25, 0.3) is 0 Å². The fourth-order valence-electron chi connectivity index (χ4n) is 2.05. The third kappa shape index (κ3) is 8.89. The molecule has 1 heterocycles. The van der Waals surface area contributed by atoms with E-state index in [1.165, 1.54) is 6.42 Å². The molecule has 1 rings (SSSR count). The molecule has 1 aromatic rings. The van der Waals surface area contributed by atoms with Crippen LogP contribution in [0.5, 0.6) is 0 Å². The van der Waals surface area contributed by atoms with Gasteiger partial charge in [-0.3, -0.25) is 4.99 Å². The second-order valence-electron chi connectivity index (χ2n) is 8.44. The van der Waals surface area contributed by atoms with Gasteiger partial charge in [0, 0.05) is 18.5 Å². The number of rotatable bonds is 5. The predicted octanol–water partition coefficient (Wildman–Crippen LogP) is 4.47. The minimum atomic E-state index is -0.0212. The number of aromatic nitrogens is 1. The summed E-state index contributed by atoms with van der Waals surface area (Å²) in [6.07, 6.45) is 4.09. The van der Waals surface area contributed by atoms with Crippen LogP contribution in [0.15, 0.2) is 15.6 Å². The van der Waals surface area contributed by atoms with Gasteiger partial charge < -0.3 is 15.1 Å². The summed E-state index contributed by atoms with van der Waals surface area (Å²) in [6, 6.07) is 0.370. The Morgan fingerprint density at radius 2 is 1.88 bits per heavy atom. The maximum Gasteiger partial charge on any atom is 0.213 e. The Kier molecular flexibility index (Phi) is 9.31. The third-order valence-corrected chi connectivity index (χ3v) is 3.63. The highest BCUT2D eigenvalue weighted by molar-refractivity contribution is 14.0. The highest BCUT2D eigenvalue weighted by atomic mass is 127. The molecule has 24 heavy (non-hydrogen) atoms. The van der Waals surface area contributed by atoms with E-state index in [9.17, 15) is 0 Å². The van der Waals surface area contributed by atoms with Crippen LogP contribution in [-0.4, -0.2) is 24.0 Å². The number of nitrogens with one attached hydrogen (secondary N) is 2. The molecule has 1 unspecified atom stereocenters. The van der Waals surface area contributed by atoms with Crippen molar-refractivity contribution in [2.45, 2.75) is 79.3 Å². The Morgan fingerprint density at radius 3 is 2.33 bits per heavy atom. The molecule has 0 saturated heterocycles. The molecule has 0 spiro atoms. The smallest absolute Gasteiger partial charge is 0.213 e. The van der Waals surface area contributed by atoms with Gasteiger partial charge >= 0.3 is 0 Å². The van der Waals surface area contributed by atoms with Crippen LogP contribution in [0.3, 0.4) is 0 Å². The topological polar surface area (TPSA) is 62.5 Å². The largest absolute Gasteiger partial charge is 0.443 e. The van der Waals surface area contributed by atoms with Crippen molar-refractivity contribution in [2.24, 2.45) is 10.4 Å². The zero-order chi connectivity index (χ0) is 17.7. The SMILES string of the molecule is CN=C(NCc1ncc(C(C)(C)C)o1)NC(C)CCC(C)(C)C.I. The molecule has 0 saturated carbocycles. The lowest BCUT2D eigenvalue weighted by Crippen LogP contribution is -2.42. The van der Waals surface area contributed by atoms with Crippen LogP contribution in [0.25, 0.3) is 0 Å². The number of halogens is 1. The first-order valence-electron chi connectivity index (χ1n) is 8.43. The molecular formula is C18H35IN4O. The van der Waals surface area contributed by atoms with Crippen LogP contribution in [-0.2, 0) is 12.0 Å². The van der Waals surface area contributed by atoms with E-state index in [0.29, 0.717) is 23.9 Å². The van der Waals surface area contributed by atoms with Crippen molar-refractivity contribution >= 4 is 29.9 Å². The van der Waals surface area contributed by atoms with Gasteiger partial charge in [-0.25, -0.2) is 4.98 Å². The van der Waals surface area contributed by atoms with Crippen LogP contribution in [0, 0.1) is 5.41 Å². The van der Waals surface area contributed by atoms with Gasteiger partial charge in [0.15, 0.2) is 5.96 Å². The molecule has 0 bridgehead atoms. The highest BCUT2D eigenvalue weighted by Crippen LogP contribution is 2.23. The number of hydrogen-bond donors (Lipinski definition) is 2. The lowest BCUT2D eigenvalue weighted by Gasteiger charge is -2.22. The van der Waals surface area contributed by atoms with Crippen molar-refractivity contribution in [3.05, 3.63) is 17.8 Å². The van der Waals surface area contributed by atoms with E-state index in [1.54, 1.807) is 13.2 Å². The predicted molar refractivity (Wildman–Crippen MR) is 112 cm³/mol. The van der Waals surface area contributed by atoms with Gasteiger partial charge in [-0.2, -0.15) is 0 Å². The molecule has 0 aromatic carbocycles. The summed E-state index contributed by atoms with van der Waals surface area (Å²) in [4.78, 5) is 8.59. The monoisotopic (exact) mass is 450 g/mol. The van der Waals surface area contributed by atoms with Crippen LogP contribution in [0.2, 0.25) is 0 Å². The molecule has 140 valence electrons. The van der Waals surface area contributed by atoms with Gasteiger partial charge in [0.2, 0.25) is 5.89 Å². The number of aliphatic imine (C=N–C) groups is 1. The summed E-state index contributed by atoms with van der Waals surface area (Å²) in [6.45, 7) is 15.8. The second kappa shape index (κ2) is 9.63. The molecule has 0 aliphatic rings. The van der Waals surface area contributed by atoms with E-state index >= 15 is 0 Å². The lowest BCUT2D eigenvalue weighted by molar-refractivity contribution is 0.345. The van der Waals surface area contributed by atoms with Crippen molar-refractivity contribution in [1.29, 1.82) is 0 Å². The standard InChI is InChI=1S/C18H34N4O.HI/c1-13(9-10-17(2,3)4)22-16(19-8)21-12-15-20-11-14(23-15)18(5,6)7;/h11,13H,9-10,12H2,1-8H3,(H2,19,21,22);1H. The van der Waals surface area contributed by atoms with Crippen molar-refractivity contribution in [3.8, 4) is 0 Å². The minimum Gasteiger partial charge on any atom is -0.443 e. The van der Waals surface area contributed by atoms with Gasteiger partial charge in [-0.15, -0.1) is 24.0 Å². The van der Waals surface area contributed by atoms with Crippen molar-refractivity contribution in [2.75, 3.05) is 7.05 Å². The Morgan fingerprint density at radius 1 is 1.25 bits per heavy atom. The number of oxazole rings is 1. The van der Waals surface area contributed by atoms with Crippen LogP contribution < -0.4 is 10.6 Å². The average molecular weight is 450 g/mol. The molecule has 5 nitrogen and oxygen atoms in total. The molecule has 0 fully saturated rings. The van der Waals surface area contributed by atoms with Crippen LogP contribution >= 0.6 is 24.0 Å². The van der Waals surface area contributed by atoms with E-state index in [4.69, 9.17) is 4.42 Å². The van der Waals surface area contributed by atoms with Crippen molar-refractivity contribution < 1.29 is 4.42 Å². The maximum absolute atomic E-state index is 5.78. The van der Waals surface area contributed by atoms with Crippen LogP contribution in [0.1, 0.15) is 73.0 Å². The number of nitrogens with zero attached hydrogens (tertiary/aromatic N) is 2. The van der Waals surface area contributed by atoms with Gasteiger partial charge in [0.05, 0.1) is 12.7 Å². The van der Waals surface area contributed by atoms with Crippen molar-refractivity contribution in [3.63, 3.8) is 0 Å². The number of hydrogen-bond acceptors (Lipinski definition) is 3. The third-order valence-electron chi connectivity index (χ3n) is 3.63. The molecule has 2 N–H and O–H groups in total. The minimum absolute atomic E-state index is 0. The summed E-state index contributed by atoms with van der Waals surface area (Å²) in [5, 5.41) is 6.68. The zero-order valence-electron chi connectivity index (χ0n) is 16.5.